The zero-order valence-corrected chi connectivity index (χ0v) is 8.83. The van der Waals surface area contributed by atoms with Gasteiger partial charge in [-0.1, -0.05) is 12.1 Å². The van der Waals surface area contributed by atoms with Crippen LogP contribution in [0.25, 0.3) is 0 Å². The molecular weight excluding hydrogens is 197 g/mol. The van der Waals surface area contributed by atoms with E-state index in [0.717, 1.165) is 6.54 Å². The molecule has 0 aromatic heterocycles. The lowest BCUT2D eigenvalue weighted by Crippen LogP contribution is -2.24. The van der Waals surface area contributed by atoms with Crippen LogP contribution in [0.4, 0.5) is 4.39 Å². The largest absolute Gasteiger partial charge is 0.489 e. The SMILES string of the molecule is COCCNCCOc1ccccc1F. The van der Waals surface area contributed by atoms with Gasteiger partial charge in [0.25, 0.3) is 0 Å². The highest BCUT2D eigenvalue weighted by molar-refractivity contribution is 5.23. The molecule has 0 unspecified atom stereocenters. The van der Waals surface area contributed by atoms with Gasteiger partial charge < -0.3 is 14.8 Å². The summed E-state index contributed by atoms with van der Waals surface area (Å²) in [6.07, 6.45) is 0. The van der Waals surface area contributed by atoms with Crippen LogP contribution in [0.5, 0.6) is 5.75 Å². The Balaban J connectivity index is 2.12. The topological polar surface area (TPSA) is 30.5 Å². The normalized spacial score (nSPS) is 10.3. The molecule has 0 radical (unpaired) electrons. The van der Waals surface area contributed by atoms with E-state index >= 15 is 0 Å². The summed E-state index contributed by atoms with van der Waals surface area (Å²) in [5.74, 6) is -0.0274. The predicted octanol–water partition coefficient (Wildman–Crippen LogP) is 1.44. The molecule has 1 aromatic carbocycles. The number of para-hydroxylation sites is 1. The van der Waals surface area contributed by atoms with Crippen molar-refractivity contribution < 1.29 is 13.9 Å². The van der Waals surface area contributed by atoms with Crippen LogP contribution in [0.15, 0.2) is 24.3 Å². The fourth-order valence-electron chi connectivity index (χ4n) is 1.09. The molecule has 0 amide bonds. The van der Waals surface area contributed by atoms with E-state index in [-0.39, 0.29) is 5.82 Å². The van der Waals surface area contributed by atoms with Crippen molar-refractivity contribution in [3.05, 3.63) is 30.1 Å². The highest BCUT2D eigenvalue weighted by Gasteiger charge is 1.99. The molecule has 4 heteroatoms. The molecule has 0 bridgehead atoms. The summed E-state index contributed by atoms with van der Waals surface area (Å²) in [7, 11) is 1.65. The third-order valence-corrected chi connectivity index (χ3v) is 1.86. The van der Waals surface area contributed by atoms with E-state index in [1.165, 1.54) is 6.07 Å². The van der Waals surface area contributed by atoms with Gasteiger partial charge in [0.2, 0.25) is 0 Å². The van der Waals surface area contributed by atoms with E-state index in [0.29, 0.717) is 25.5 Å². The van der Waals surface area contributed by atoms with E-state index in [4.69, 9.17) is 9.47 Å². The lowest BCUT2D eigenvalue weighted by molar-refractivity contribution is 0.196. The summed E-state index contributed by atoms with van der Waals surface area (Å²) in [4.78, 5) is 0. The van der Waals surface area contributed by atoms with Gasteiger partial charge in [0, 0.05) is 20.2 Å². The monoisotopic (exact) mass is 213 g/mol. The van der Waals surface area contributed by atoms with Crippen molar-refractivity contribution >= 4 is 0 Å². The van der Waals surface area contributed by atoms with E-state index < -0.39 is 0 Å². The van der Waals surface area contributed by atoms with Gasteiger partial charge in [0.1, 0.15) is 6.61 Å². The van der Waals surface area contributed by atoms with Gasteiger partial charge in [-0.25, -0.2) is 4.39 Å². The molecule has 15 heavy (non-hydrogen) atoms. The number of hydrogen-bond donors (Lipinski definition) is 1. The highest BCUT2D eigenvalue weighted by Crippen LogP contribution is 2.14. The number of halogens is 1. The summed E-state index contributed by atoms with van der Waals surface area (Å²) in [6.45, 7) is 2.57. The summed E-state index contributed by atoms with van der Waals surface area (Å²) in [5, 5.41) is 3.10. The van der Waals surface area contributed by atoms with Crippen LogP contribution in [0.1, 0.15) is 0 Å². The summed E-state index contributed by atoms with van der Waals surface area (Å²) in [5.41, 5.74) is 0. The van der Waals surface area contributed by atoms with Gasteiger partial charge in [-0.3, -0.25) is 0 Å². The Hall–Kier alpha value is -1.13. The molecule has 0 fully saturated rings. The number of ether oxygens (including phenoxy) is 2. The van der Waals surface area contributed by atoms with Crippen molar-refractivity contribution in [2.24, 2.45) is 0 Å². The molecule has 0 heterocycles. The minimum atomic E-state index is -0.325. The average molecular weight is 213 g/mol. The molecule has 3 nitrogen and oxygen atoms in total. The lowest BCUT2D eigenvalue weighted by atomic mass is 10.3. The van der Waals surface area contributed by atoms with Crippen molar-refractivity contribution in [1.82, 2.24) is 5.32 Å². The quantitative estimate of drug-likeness (QED) is 0.695. The highest BCUT2D eigenvalue weighted by atomic mass is 19.1. The Kier molecular flexibility index (Phi) is 5.73. The van der Waals surface area contributed by atoms with Crippen molar-refractivity contribution in [3.8, 4) is 5.75 Å². The van der Waals surface area contributed by atoms with Crippen LogP contribution < -0.4 is 10.1 Å². The smallest absolute Gasteiger partial charge is 0.165 e. The lowest BCUT2D eigenvalue weighted by Gasteiger charge is -2.07. The minimum absolute atomic E-state index is 0.297. The number of hydrogen-bond acceptors (Lipinski definition) is 3. The van der Waals surface area contributed by atoms with Gasteiger partial charge in [0.05, 0.1) is 6.61 Å². The van der Waals surface area contributed by atoms with Crippen molar-refractivity contribution in [2.45, 2.75) is 0 Å². The minimum Gasteiger partial charge on any atom is -0.489 e. The third kappa shape index (κ3) is 4.76. The second-order valence-corrected chi connectivity index (χ2v) is 3.02. The molecule has 0 spiro atoms. The second kappa shape index (κ2) is 7.20. The van der Waals surface area contributed by atoms with Crippen molar-refractivity contribution in [1.29, 1.82) is 0 Å². The number of methoxy groups -OCH3 is 1. The number of nitrogens with one attached hydrogen (secondary N) is 1. The molecule has 1 rings (SSSR count). The first kappa shape index (κ1) is 11.9. The molecule has 1 N–H and O–H groups in total. The molecule has 0 aliphatic carbocycles. The zero-order chi connectivity index (χ0) is 10.9. The third-order valence-electron chi connectivity index (χ3n) is 1.86. The Labute approximate surface area is 89.2 Å². The summed E-state index contributed by atoms with van der Waals surface area (Å²) < 4.78 is 23.2. The zero-order valence-electron chi connectivity index (χ0n) is 8.83. The fourth-order valence-corrected chi connectivity index (χ4v) is 1.09. The van der Waals surface area contributed by atoms with Crippen molar-refractivity contribution in [2.75, 3.05) is 33.4 Å². The maximum Gasteiger partial charge on any atom is 0.165 e. The molecule has 0 aliphatic heterocycles. The first-order valence-electron chi connectivity index (χ1n) is 4.91. The Morgan fingerprint density at radius 1 is 1.20 bits per heavy atom. The molecule has 0 aliphatic rings. The maximum absolute atomic E-state index is 13.1. The second-order valence-electron chi connectivity index (χ2n) is 3.02. The first-order chi connectivity index (χ1) is 7.34. The van der Waals surface area contributed by atoms with E-state index in [1.807, 2.05) is 0 Å². The van der Waals surface area contributed by atoms with Crippen LogP contribution >= 0.6 is 0 Å². The standard InChI is InChI=1S/C11H16FNO2/c1-14-8-6-13-7-9-15-11-5-3-2-4-10(11)12/h2-5,13H,6-9H2,1H3. The van der Waals surface area contributed by atoms with Gasteiger partial charge in [-0.15, -0.1) is 0 Å². The van der Waals surface area contributed by atoms with Crippen LogP contribution in [0.3, 0.4) is 0 Å². The molecule has 1 aromatic rings. The van der Waals surface area contributed by atoms with Crippen LogP contribution in [0.2, 0.25) is 0 Å². The molecule has 0 atom stereocenters. The molecule has 0 saturated carbocycles. The fraction of sp³-hybridized carbons (Fsp3) is 0.455. The van der Waals surface area contributed by atoms with Crippen molar-refractivity contribution in [3.63, 3.8) is 0 Å². The van der Waals surface area contributed by atoms with E-state index in [2.05, 4.69) is 5.32 Å². The number of benzene rings is 1. The number of rotatable bonds is 7. The average Bonchev–Trinajstić information content (AvgIpc) is 2.25. The summed E-state index contributed by atoms with van der Waals surface area (Å²) in [6, 6.07) is 6.38. The van der Waals surface area contributed by atoms with Gasteiger partial charge >= 0.3 is 0 Å². The van der Waals surface area contributed by atoms with Gasteiger partial charge in [0.15, 0.2) is 11.6 Å². The van der Waals surface area contributed by atoms with Gasteiger partial charge in [-0.05, 0) is 12.1 Å². The Morgan fingerprint density at radius 2 is 1.93 bits per heavy atom. The molecular formula is C11H16FNO2. The van der Waals surface area contributed by atoms with Crippen LogP contribution in [-0.4, -0.2) is 33.4 Å². The Morgan fingerprint density at radius 3 is 2.67 bits per heavy atom. The Bertz CT molecular complexity index is 281. The predicted molar refractivity (Wildman–Crippen MR) is 56.6 cm³/mol. The van der Waals surface area contributed by atoms with E-state index in [9.17, 15) is 4.39 Å². The first-order valence-corrected chi connectivity index (χ1v) is 4.91. The van der Waals surface area contributed by atoms with Crippen LogP contribution in [0, 0.1) is 5.82 Å². The van der Waals surface area contributed by atoms with Gasteiger partial charge in [-0.2, -0.15) is 0 Å². The molecule has 84 valence electrons. The summed E-state index contributed by atoms with van der Waals surface area (Å²) >= 11 is 0. The maximum atomic E-state index is 13.1. The van der Waals surface area contributed by atoms with Crippen LogP contribution in [-0.2, 0) is 4.74 Å². The van der Waals surface area contributed by atoms with E-state index in [1.54, 1.807) is 25.3 Å². The molecule has 0 saturated heterocycles.